The molecule has 0 amide bonds. The largest absolute Gasteiger partial charge is 0.463 e. The second kappa shape index (κ2) is 1.26. The molecule has 6 heavy (non-hydrogen) atoms. The molecule has 1 rings (SSSR count). The first-order chi connectivity index (χ1) is 2.89. The van der Waals surface area contributed by atoms with Crippen molar-refractivity contribution in [2.75, 3.05) is 6.54 Å². The molecule has 1 atom stereocenters. The summed E-state index contributed by atoms with van der Waals surface area (Å²) in [6.45, 7) is 0.611. The highest BCUT2D eigenvalue weighted by Gasteiger charge is 2.01. The zero-order chi connectivity index (χ0) is 4.41. The van der Waals surface area contributed by atoms with Crippen molar-refractivity contribution in [3.05, 3.63) is 0 Å². The van der Waals surface area contributed by atoms with Crippen LogP contribution in [0.5, 0.6) is 0 Å². The predicted molar refractivity (Wildman–Crippen MR) is 22.4 cm³/mol. The first-order valence-electron chi connectivity index (χ1n) is 1.79. The lowest BCUT2D eigenvalue weighted by Crippen LogP contribution is -2.21. The molecule has 1 aliphatic rings. The van der Waals surface area contributed by atoms with E-state index in [-0.39, 0.29) is 6.23 Å². The van der Waals surface area contributed by atoms with Gasteiger partial charge in [0.05, 0.1) is 6.54 Å². The summed E-state index contributed by atoms with van der Waals surface area (Å²) < 4.78 is 4.64. The van der Waals surface area contributed by atoms with E-state index in [4.69, 9.17) is 5.73 Å². The molecule has 0 saturated heterocycles. The van der Waals surface area contributed by atoms with Crippen LogP contribution in [0.2, 0.25) is 0 Å². The second-order valence-electron chi connectivity index (χ2n) is 1.15. The number of aliphatic imine (C=N–C) groups is 1. The van der Waals surface area contributed by atoms with Gasteiger partial charge in [-0.3, -0.25) is 10.7 Å². The summed E-state index contributed by atoms with van der Waals surface area (Å²) in [6.07, 6.45) is 1.20. The molecule has 3 nitrogen and oxygen atoms in total. The highest BCUT2D eigenvalue weighted by atomic mass is 16.5. The molecule has 2 N–H and O–H groups in total. The van der Waals surface area contributed by atoms with Crippen LogP contribution in [0, 0.1) is 0 Å². The zero-order valence-corrected chi connectivity index (χ0v) is 3.29. The van der Waals surface area contributed by atoms with E-state index in [0.29, 0.717) is 6.54 Å². The maximum absolute atomic E-state index is 5.19. The molecular formula is C3H6N2O. The van der Waals surface area contributed by atoms with Crippen LogP contribution in [0.1, 0.15) is 0 Å². The highest BCUT2D eigenvalue weighted by molar-refractivity contribution is 5.48. The normalized spacial score (nSPS) is 30.5. The predicted octanol–water partition coefficient (Wildman–Crippen LogP) is -0.670. The molecule has 1 heterocycles. The molecule has 0 aromatic rings. The van der Waals surface area contributed by atoms with E-state index in [1.165, 1.54) is 6.40 Å². The molecule has 0 aliphatic carbocycles. The molecule has 34 valence electrons. The van der Waals surface area contributed by atoms with Crippen molar-refractivity contribution in [1.29, 1.82) is 0 Å². The fraction of sp³-hybridized carbons (Fsp3) is 0.667. The maximum atomic E-state index is 5.19. The Bertz CT molecular complexity index is 63.2. The first kappa shape index (κ1) is 3.61. The van der Waals surface area contributed by atoms with Crippen molar-refractivity contribution in [2.24, 2.45) is 10.7 Å². The van der Waals surface area contributed by atoms with Crippen molar-refractivity contribution in [3.63, 3.8) is 0 Å². The minimum absolute atomic E-state index is 0.176. The van der Waals surface area contributed by atoms with E-state index in [2.05, 4.69) is 9.73 Å². The minimum atomic E-state index is -0.176. The van der Waals surface area contributed by atoms with E-state index in [9.17, 15) is 0 Å². The zero-order valence-electron chi connectivity index (χ0n) is 3.29. The van der Waals surface area contributed by atoms with Gasteiger partial charge in [0.15, 0.2) is 12.6 Å². The Labute approximate surface area is 35.8 Å². The molecule has 1 unspecified atom stereocenters. The summed E-state index contributed by atoms with van der Waals surface area (Å²) in [7, 11) is 0. The highest BCUT2D eigenvalue weighted by Crippen LogP contribution is 1.87. The van der Waals surface area contributed by atoms with E-state index < -0.39 is 0 Å². The summed E-state index contributed by atoms with van der Waals surface area (Å²) in [5.41, 5.74) is 5.19. The first-order valence-corrected chi connectivity index (χ1v) is 1.79. The van der Waals surface area contributed by atoms with Crippen LogP contribution < -0.4 is 5.73 Å². The van der Waals surface area contributed by atoms with Crippen molar-refractivity contribution in [2.45, 2.75) is 6.23 Å². The summed E-state index contributed by atoms with van der Waals surface area (Å²) in [4.78, 5) is 3.69. The molecular weight excluding hydrogens is 80.0 g/mol. The second-order valence-corrected chi connectivity index (χ2v) is 1.15. The van der Waals surface area contributed by atoms with E-state index >= 15 is 0 Å². The Morgan fingerprint density at radius 1 is 2.00 bits per heavy atom. The average Bonchev–Trinajstić information content (AvgIpc) is 1.86. The van der Waals surface area contributed by atoms with Gasteiger partial charge in [0.1, 0.15) is 0 Å². The van der Waals surface area contributed by atoms with Gasteiger partial charge < -0.3 is 4.74 Å². The molecule has 0 saturated carbocycles. The standard InChI is InChI=1S/C3H6N2O/c4-3-1-5-2-6-3/h2-3H,1,4H2. The fourth-order valence-electron chi connectivity index (χ4n) is 0.311. The lowest BCUT2D eigenvalue weighted by molar-refractivity contribution is 0.243. The van der Waals surface area contributed by atoms with Gasteiger partial charge in [-0.25, -0.2) is 0 Å². The third-order valence-electron chi connectivity index (χ3n) is 0.596. The molecule has 0 fully saturated rings. The van der Waals surface area contributed by atoms with Gasteiger partial charge in [-0.05, 0) is 0 Å². The van der Waals surface area contributed by atoms with Crippen molar-refractivity contribution < 1.29 is 4.74 Å². The average molecular weight is 86.1 g/mol. The molecule has 3 heteroatoms. The summed E-state index contributed by atoms with van der Waals surface area (Å²) in [6, 6.07) is 0. The molecule has 1 aliphatic heterocycles. The van der Waals surface area contributed by atoms with E-state index in [0.717, 1.165) is 0 Å². The van der Waals surface area contributed by atoms with Crippen molar-refractivity contribution in [3.8, 4) is 0 Å². The molecule has 0 aromatic heterocycles. The lowest BCUT2D eigenvalue weighted by Gasteiger charge is -1.95. The van der Waals surface area contributed by atoms with Crippen LogP contribution in [0.3, 0.4) is 0 Å². The van der Waals surface area contributed by atoms with Gasteiger partial charge in [0.25, 0.3) is 0 Å². The van der Waals surface area contributed by atoms with Gasteiger partial charge in [0.2, 0.25) is 0 Å². The summed E-state index contributed by atoms with van der Waals surface area (Å²) in [5, 5.41) is 0. The number of nitrogens with zero attached hydrogens (tertiary/aromatic N) is 1. The Balaban J connectivity index is 2.32. The summed E-state index contributed by atoms with van der Waals surface area (Å²) >= 11 is 0. The van der Waals surface area contributed by atoms with Gasteiger partial charge in [-0.1, -0.05) is 0 Å². The lowest BCUT2D eigenvalue weighted by atomic mass is 10.6. The van der Waals surface area contributed by atoms with Crippen molar-refractivity contribution >= 4 is 6.40 Å². The third kappa shape index (κ3) is 0.490. The minimum Gasteiger partial charge on any atom is -0.463 e. The van der Waals surface area contributed by atoms with Crippen LogP contribution in [-0.2, 0) is 4.74 Å². The Kier molecular flexibility index (Phi) is 0.759. The molecule has 0 bridgehead atoms. The Morgan fingerprint density at radius 3 is 3.00 bits per heavy atom. The molecule has 0 aromatic carbocycles. The van der Waals surface area contributed by atoms with Gasteiger partial charge in [0, 0.05) is 0 Å². The van der Waals surface area contributed by atoms with Crippen LogP contribution in [0.15, 0.2) is 4.99 Å². The monoisotopic (exact) mass is 86.0 g/mol. The van der Waals surface area contributed by atoms with E-state index in [1.807, 2.05) is 0 Å². The topological polar surface area (TPSA) is 47.6 Å². The van der Waals surface area contributed by atoms with E-state index in [1.54, 1.807) is 0 Å². The Morgan fingerprint density at radius 2 is 2.83 bits per heavy atom. The van der Waals surface area contributed by atoms with Crippen molar-refractivity contribution in [1.82, 2.24) is 0 Å². The molecule has 0 spiro atoms. The molecule has 0 radical (unpaired) electrons. The van der Waals surface area contributed by atoms with Gasteiger partial charge in [-0.2, -0.15) is 0 Å². The number of hydrogen-bond donors (Lipinski definition) is 1. The Hall–Kier alpha value is -0.570. The van der Waals surface area contributed by atoms with Gasteiger partial charge >= 0.3 is 0 Å². The van der Waals surface area contributed by atoms with Crippen LogP contribution in [0.4, 0.5) is 0 Å². The third-order valence-corrected chi connectivity index (χ3v) is 0.596. The maximum Gasteiger partial charge on any atom is 0.172 e. The van der Waals surface area contributed by atoms with Crippen LogP contribution >= 0.6 is 0 Å². The summed E-state index contributed by atoms with van der Waals surface area (Å²) in [5.74, 6) is 0. The number of hydrogen-bond acceptors (Lipinski definition) is 3. The van der Waals surface area contributed by atoms with Crippen LogP contribution in [-0.4, -0.2) is 19.2 Å². The number of ether oxygens (including phenoxy) is 1. The van der Waals surface area contributed by atoms with Crippen LogP contribution in [0.25, 0.3) is 0 Å². The SMILES string of the molecule is NC1CN=CO1. The number of rotatable bonds is 0. The fourth-order valence-corrected chi connectivity index (χ4v) is 0.311. The smallest absolute Gasteiger partial charge is 0.172 e. The quantitative estimate of drug-likeness (QED) is 0.425. The van der Waals surface area contributed by atoms with Gasteiger partial charge in [-0.15, -0.1) is 0 Å². The number of nitrogens with two attached hydrogens (primary N) is 1.